The van der Waals surface area contributed by atoms with Crippen molar-refractivity contribution in [1.29, 1.82) is 0 Å². The molecule has 0 saturated heterocycles. The van der Waals surface area contributed by atoms with Gasteiger partial charge in [0.25, 0.3) is 0 Å². The number of benzene rings is 1. The molecule has 3 nitrogen and oxygen atoms in total. The SMILES string of the molecule is OCC1(c2cc(Cl)c3c(c2)OCO3)CC1. The molecule has 1 aliphatic carbocycles. The van der Waals surface area contributed by atoms with Gasteiger partial charge >= 0.3 is 0 Å². The maximum Gasteiger partial charge on any atom is 0.231 e. The quantitative estimate of drug-likeness (QED) is 0.839. The van der Waals surface area contributed by atoms with Gasteiger partial charge in [0.1, 0.15) is 0 Å². The minimum Gasteiger partial charge on any atom is -0.454 e. The van der Waals surface area contributed by atoms with Gasteiger partial charge in [0.15, 0.2) is 11.5 Å². The van der Waals surface area contributed by atoms with E-state index < -0.39 is 0 Å². The topological polar surface area (TPSA) is 38.7 Å². The molecule has 1 saturated carbocycles. The van der Waals surface area contributed by atoms with E-state index >= 15 is 0 Å². The smallest absolute Gasteiger partial charge is 0.231 e. The molecule has 0 spiro atoms. The molecule has 0 amide bonds. The fourth-order valence-electron chi connectivity index (χ4n) is 1.96. The van der Waals surface area contributed by atoms with Gasteiger partial charge in [-0.2, -0.15) is 0 Å². The molecule has 1 heterocycles. The van der Waals surface area contributed by atoms with E-state index in [-0.39, 0.29) is 18.8 Å². The Bertz CT molecular complexity index is 413. The van der Waals surface area contributed by atoms with Gasteiger partial charge in [0.05, 0.1) is 11.6 Å². The molecule has 1 aliphatic heterocycles. The average Bonchev–Trinajstić information content (AvgIpc) is 2.90. The summed E-state index contributed by atoms with van der Waals surface area (Å²) in [6.07, 6.45) is 2.03. The van der Waals surface area contributed by atoms with Crippen molar-refractivity contribution in [2.24, 2.45) is 0 Å². The lowest BCUT2D eigenvalue weighted by atomic mass is 9.96. The zero-order chi connectivity index (χ0) is 10.5. The van der Waals surface area contributed by atoms with E-state index in [1.165, 1.54) is 0 Å². The van der Waals surface area contributed by atoms with Crippen LogP contribution in [0.1, 0.15) is 18.4 Å². The van der Waals surface area contributed by atoms with Crippen LogP contribution in [-0.2, 0) is 5.41 Å². The van der Waals surface area contributed by atoms with Crippen LogP contribution in [0, 0.1) is 0 Å². The summed E-state index contributed by atoms with van der Waals surface area (Å²) in [6.45, 7) is 0.396. The minimum absolute atomic E-state index is 0.0788. The molecule has 0 bridgehead atoms. The second-order valence-corrected chi connectivity index (χ2v) is 4.54. The molecule has 4 heteroatoms. The second-order valence-electron chi connectivity index (χ2n) is 4.13. The Morgan fingerprint density at radius 2 is 2.13 bits per heavy atom. The van der Waals surface area contributed by atoms with Crippen LogP contribution < -0.4 is 9.47 Å². The molecule has 80 valence electrons. The third-order valence-corrected chi connectivity index (χ3v) is 3.48. The third kappa shape index (κ3) is 1.30. The predicted octanol–water partition coefficient (Wildman–Crippen LogP) is 2.09. The summed E-state index contributed by atoms with van der Waals surface area (Å²) >= 11 is 6.08. The summed E-state index contributed by atoms with van der Waals surface area (Å²) in [5.74, 6) is 1.31. The molecular weight excluding hydrogens is 216 g/mol. The van der Waals surface area contributed by atoms with Gasteiger partial charge in [-0.15, -0.1) is 0 Å². The van der Waals surface area contributed by atoms with E-state index in [1.54, 1.807) is 0 Å². The monoisotopic (exact) mass is 226 g/mol. The van der Waals surface area contributed by atoms with Gasteiger partial charge < -0.3 is 14.6 Å². The molecule has 0 aromatic heterocycles. The van der Waals surface area contributed by atoms with E-state index in [0.29, 0.717) is 16.5 Å². The summed E-state index contributed by atoms with van der Waals surface area (Å²) in [7, 11) is 0. The molecular formula is C11H11ClO3. The first-order valence-corrected chi connectivity index (χ1v) is 5.33. The molecule has 1 fully saturated rings. The number of ether oxygens (including phenoxy) is 2. The van der Waals surface area contributed by atoms with Crippen LogP contribution in [0.5, 0.6) is 11.5 Å². The molecule has 1 aromatic rings. The Kier molecular flexibility index (Phi) is 1.88. The molecule has 15 heavy (non-hydrogen) atoms. The average molecular weight is 227 g/mol. The highest BCUT2D eigenvalue weighted by Gasteiger charge is 2.44. The van der Waals surface area contributed by atoms with Crippen molar-refractivity contribution in [1.82, 2.24) is 0 Å². The molecule has 1 aromatic carbocycles. The maximum absolute atomic E-state index is 9.33. The highest BCUT2D eigenvalue weighted by molar-refractivity contribution is 6.32. The van der Waals surface area contributed by atoms with Crippen molar-refractivity contribution >= 4 is 11.6 Å². The van der Waals surface area contributed by atoms with Crippen molar-refractivity contribution in [2.75, 3.05) is 13.4 Å². The van der Waals surface area contributed by atoms with Gasteiger partial charge in [-0.25, -0.2) is 0 Å². The van der Waals surface area contributed by atoms with Gasteiger partial charge in [0, 0.05) is 5.41 Å². The molecule has 0 radical (unpaired) electrons. The van der Waals surface area contributed by atoms with Crippen LogP contribution in [0.25, 0.3) is 0 Å². The summed E-state index contributed by atoms with van der Waals surface area (Å²) in [5.41, 5.74) is 0.976. The summed E-state index contributed by atoms with van der Waals surface area (Å²) in [4.78, 5) is 0. The lowest BCUT2D eigenvalue weighted by Crippen LogP contribution is -2.11. The number of rotatable bonds is 2. The predicted molar refractivity (Wildman–Crippen MR) is 55.6 cm³/mol. The van der Waals surface area contributed by atoms with Crippen LogP contribution in [-0.4, -0.2) is 18.5 Å². The third-order valence-electron chi connectivity index (χ3n) is 3.20. The van der Waals surface area contributed by atoms with Crippen molar-refractivity contribution in [3.63, 3.8) is 0 Å². The molecule has 0 unspecified atom stereocenters. The van der Waals surface area contributed by atoms with Crippen molar-refractivity contribution in [3.05, 3.63) is 22.7 Å². The van der Waals surface area contributed by atoms with Gasteiger partial charge in [-0.1, -0.05) is 11.6 Å². The Hall–Kier alpha value is -0.930. The number of aliphatic hydroxyl groups excluding tert-OH is 1. The zero-order valence-electron chi connectivity index (χ0n) is 8.12. The van der Waals surface area contributed by atoms with Crippen LogP contribution >= 0.6 is 11.6 Å². The lowest BCUT2D eigenvalue weighted by molar-refractivity contribution is 0.174. The molecule has 3 rings (SSSR count). The summed E-state index contributed by atoms with van der Waals surface area (Å²) in [6, 6.07) is 3.80. The number of hydrogen-bond donors (Lipinski definition) is 1. The minimum atomic E-state index is -0.0788. The first-order chi connectivity index (χ1) is 7.25. The Labute approximate surface area is 92.6 Å². The fourth-order valence-corrected chi connectivity index (χ4v) is 2.23. The highest BCUT2D eigenvalue weighted by atomic mass is 35.5. The number of hydrogen-bond acceptors (Lipinski definition) is 3. The van der Waals surface area contributed by atoms with Crippen molar-refractivity contribution in [2.45, 2.75) is 18.3 Å². The Balaban J connectivity index is 2.08. The van der Waals surface area contributed by atoms with E-state index in [2.05, 4.69) is 0 Å². The number of aliphatic hydroxyl groups is 1. The van der Waals surface area contributed by atoms with E-state index in [9.17, 15) is 5.11 Å². The molecule has 1 N–H and O–H groups in total. The maximum atomic E-state index is 9.33. The van der Waals surface area contributed by atoms with Crippen LogP contribution in [0.4, 0.5) is 0 Å². The van der Waals surface area contributed by atoms with Crippen molar-refractivity contribution < 1.29 is 14.6 Å². The molecule has 0 atom stereocenters. The largest absolute Gasteiger partial charge is 0.454 e. The standard InChI is InChI=1S/C11H11ClO3/c12-8-3-7(11(5-13)1-2-11)4-9-10(8)15-6-14-9/h3-4,13H,1-2,5-6H2. The van der Waals surface area contributed by atoms with E-state index in [0.717, 1.165) is 18.4 Å². The second kappa shape index (κ2) is 3.03. The first-order valence-electron chi connectivity index (χ1n) is 4.96. The number of fused-ring (bicyclic) bond motifs is 1. The van der Waals surface area contributed by atoms with Gasteiger partial charge in [-0.05, 0) is 30.5 Å². The Morgan fingerprint density at radius 3 is 2.80 bits per heavy atom. The lowest BCUT2D eigenvalue weighted by Gasteiger charge is -2.13. The fraction of sp³-hybridized carbons (Fsp3) is 0.455. The zero-order valence-corrected chi connectivity index (χ0v) is 8.88. The normalized spacial score (nSPS) is 20.4. The van der Waals surface area contributed by atoms with Crippen molar-refractivity contribution in [3.8, 4) is 11.5 Å². The first kappa shape index (κ1) is 9.31. The van der Waals surface area contributed by atoms with Gasteiger partial charge in [-0.3, -0.25) is 0 Å². The van der Waals surface area contributed by atoms with Crippen LogP contribution in [0.2, 0.25) is 5.02 Å². The van der Waals surface area contributed by atoms with Gasteiger partial charge in [0.2, 0.25) is 6.79 Å². The molecule has 2 aliphatic rings. The summed E-state index contributed by atoms with van der Waals surface area (Å²) < 4.78 is 10.5. The highest BCUT2D eigenvalue weighted by Crippen LogP contribution is 2.51. The number of halogens is 1. The van der Waals surface area contributed by atoms with Crippen LogP contribution in [0.3, 0.4) is 0 Å². The Morgan fingerprint density at radius 1 is 1.33 bits per heavy atom. The van der Waals surface area contributed by atoms with E-state index in [1.807, 2.05) is 12.1 Å². The van der Waals surface area contributed by atoms with E-state index in [4.69, 9.17) is 21.1 Å². The summed E-state index contributed by atoms with van der Waals surface area (Å²) in [5, 5.41) is 9.90. The van der Waals surface area contributed by atoms with Crippen LogP contribution in [0.15, 0.2) is 12.1 Å².